The third kappa shape index (κ3) is 1.04. The van der Waals surface area contributed by atoms with Gasteiger partial charge in [-0.05, 0) is 12.1 Å². The summed E-state index contributed by atoms with van der Waals surface area (Å²) >= 11 is 0. The van der Waals surface area contributed by atoms with E-state index in [-0.39, 0.29) is 11.5 Å². The summed E-state index contributed by atoms with van der Waals surface area (Å²) in [7, 11) is 0. The number of aromatic amines is 2. The fraction of sp³-hybridized carbons (Fsp3) is 0.100. The molecule has 0 spiro atoms. The molecular formula is C10H8N4O2. The molecule has 2 aromatic rings. The minimum absolute atomic E-state index is 0.0542. The third-order valence-electron chi connectivity index (χ3n) is 2.64. The van der Waals surface area contributed by atoms with Crippen LogP contribution in [0.1, 0.15) is 17.3 Å². The molecule has 1 aliphatic rings. The van der Waals surface area contributed by atoms with Crippen LogP contribution in [0.15, 0.2) is 30.3 Å². The Labute approximate surface area is 90.0 Å². The summed E-state index contributed by atoms with van der Waals surface area (Å²) < 4.78 is 0. The number of aliphatic hydroxyl groups excluding tert-OH is 1. The van der Waals surface area contributed by atoms with Gasteiger partial charge in [0.1, 0.15) is 11.7 Å². The minimum atomic E-state index is -0.610. The molecule has 0 fully saturated rings. The van der Waals surface area contributed by atoms with Crippen molar-refractivity contribution in [1.82, 2.24) is 20.4 Å². The van der Waals surface area contributed by atoms with Crippen LogP contribution in [0.2, 0.25) is 0 Å². The summed E-state index contributed by atoms with van der Waals surface area (Å²) in [5, 5.41) is 22.7. The van der Waals surface area contributed by atoms with E-state index in [4.69, 9.17) is 0 Å². The first-order valence-corrected chi connectivity index (χ1v) is 4.75. The molecule has 2 heterocycles. The number of nitrogens with zero attached hydrogens (tertiary/aromatic N) is 2. The SMILES string of the molecule is O=C1C(c2ccn[nH]2)=C(O)C1c1ccn[nH]1. The molecule has 0 aromatic carbocycles. The van der Waals surface area contributed by atoms with Gasteiger partial charge in [0.25, 0.3) is 0 Å². The Hall–Kier alpha value is -2.37. The molecule has 3 rings (SSSR count). The fourth-order valence-electron chi connectivity index (χ4n) is 1.84. The van der Waals surface area contributed by atoms with Crippen LogP contribution in [-0.4, -0.2) is 31.3 Å². The van der Waals surface area contributed by atoms with Crippen LogP contribution in [0.25, 0.3) is 5.57 Å². The zero-order chi connectivity index (χ0) is 11.1. The highest BCUT2D eigenvalue weighted by atomic mass is 16.3. The molecule has 2 aromatic heterocycles. The Kier molecular flexibility index (Phi) is 1.70. The maximum absolute atomic E-state index is 11.9. The molecule has 6 nitrogen and oxygen atoms in total. The van der Waals surface area contributed by atoms with E-state index < -0.39 is 5.92 Å². The highest BCUT2D eigenvalue weighted by Crippen LogP contribution is 2.41. The van der Waals surface area contributed by atoms with Crippen molar-refractivity contribution in [2.24, 2.45) is 0 Å². The van der Waals surface area contributed by atoms with Gasteiger partial charge in [0.15, 0.2) is 5.78 Å². The Morgan fingerprint density at radius 2 is 1.94 bits per heavy atom. The average molecular weight is 216 g/mol. The number of aliphatic hydroxyl groups is 1. The van der Waals surface area contributed by atoms with E-state index in [1.165, 1.54) is 6.20 Å². The Bertz CT molecular complexity index is 554. The molecule has 16 heavy (non-hydrogen) atoms. The smallest absolute Gasteiger partial charge is 0.185 e. The molecule has 3 N–H and O–H groups in total. The van der Waals surface area contributed by atoms with E-state index >= 15 is 0 Å². The lowest BCUT2D eigenvalue weighted by Gasteiger charge is -2.25. The second-order valence-electron chi connectivity index (χ2n) is 3.54. The van der Waals surface area contributed by atoms with Crippen molar-refractivity contribution in [3.63, 3.8) is 0 Å². The van der Waals surface area contributed by atoms with Gasteiger partial charge in [0, 0.05) is 12.4 Å². The van der Waals surface area contributed by atoms with Gasteiger partial charge in [0.2, 0.25) is 0 Å². The first kappa shape index (κ1) is 8.90. The molecule has 0 aliphatic heterocycles. The first-order chi connectivity index (χ1) is 7.79. The summed E-state index contributed by atoms with van der Waals surface area (Å²) in [6.45, 7) is 0. The lowest BCUT2D eigenvalue weighted by molar-refractivity contribution is -0.116. The highest BCUT2D eigenvalue weighted by Gasteiger charge is 2.42. The van der Waals surface area contributed by atoms with Crippen LogP contribution >= 0.6 is 0 Å². The van der Waals surface area contributed by atoms with Crippen molar-refractivity contribution in [1.29, 1.82) is 0 Å². The number of rotatable bonds is 2. The lowest BCUT2D eigenvalue weighted by atomic mass is 9.79. The number of aromatic nitrogens is 4. The lowest BCUT2D eigenvalue weighted by Crippen LogP contribution is -2.28. The molecular weight excluding hydrogens is 208 g/mol. The molecule has 0 saturated carbocycles. The number of H-pyrrole nitrogens is 2. The van der Waals surface area contributed by atoms with Gasteiger partial charge in [-0.3, -0.25) is 15.0 Å². The predicted octanol–water partition coefficient (Wildman–Crippen LogP) is 0.768. The number of Topliss-reactive ketones (excluding diaryl/α,β-unsaturated/α-hetero) is 1. The molecule has 0 saturated heterocycles. The summed E-state index contributed by atoms with van der Waals surface area (Å²) in [5.41, 5.74) is 1.45. The first-order valence-electron chi connectivity index (χ1n) is 4.75. The fourth-order valence-corrected chi connectivity index (χ4v) is 1.84. The topological polar surface area (TPSA) is 94.7 Å². The van der Waals surface area contributed by atoms with Gasteiger partial charge in [-0.1, -0.05) is 0 Å². The largest absolute Gasteiger partial charge is 0.510 e. The van der Waals surface area contributed by atoms with Gasteiger partial charge in [0.05, 0.1) is 17.0 Å². The zero-order valence-corrected chi connectivity index (χ0v) is 8.14. The van der Waals surface area contributed by atoms with Gasteiger partial charge < -0.3 is 5.11 Å². The second kappa shape index (κ2) is 3.06. The van der Waals surface area contributed by atoms with E-state index in [9.17, 15) is 9.90 Å². The zero-order valence-electron chi connectivity index (χ0n) is 8.14. The molecule has 0 amide bonds. The van der Waals surface area contributed by atoms with Crippen molar-refractivity contribution >= 4 is 11.4 Å². The third-order valence-corrected chi connectivity index (χ3v) is 2.64. The van der Waals surface area contributed by atoms with Crippen LogP contribution in [0.5, 0.6) is 0 Å². The van der Waals surface area contributed by atoms with Crippen molar-refractivity contribution in [3.8, 4) is 0 Å². The highest BCUT2D eigenvalue weighted by molar-refractivity contribution is 6.31. The van der Waals surface area contributed by atoms with Crippen LogP contribution in [0, 0.1) is 0 Å². The normalized spacial score (nSPS) is 20.0. The number of hydrogen-bond acceptors (Lipinski definition) is 4. The molecule has 1 unspecified atom stereocenters. The van der Waals surface area contributed by atoms with Gasteiger partial charge in [-0.15, -0.1) is 0 Å². The van der Waals surface area contributed by atoms with E-state index in [1.54, 1.807) is 18.3 Å². The number of nitrogens with one attached hydrogen (secondary N) is 2. The van der Waals surface area contributed by atoms with Gasteiger partial charge in [-0.2, -0.15) is 10.2 Å². The summed E-state index contributed by atoms with van der Waals surface area (Å²) in [6.07, 6.45) is 3.08. The van der Waals surface area contributed by atoms with E-state index in [2.05, 4.69) is 20.4 Å². The van der Waals surface area contributed by atoms with E-state index in [0.29, 0.717) is 17.0 Å². The van der Waals surface area contributed by atoms with Gasteiger partial charge >= 0.3 is 0 Å². The number of carbonyl (C=O) groups excluding carboxylic acids is 1. The maximum atomic E-state index is 11.9. The molecule has 1 atom stereocenters. The average Bonchev–Trinajstić information content (AvgIpc) is 2.91. The number of hydrogen-bond donors (Lipinski definition) is 3. The van der Waals surface area contributed by atoms with E-state index in [0.717, 1.165) is 0 Å². The van der Waals surface area contributed by atoms with E-state index in [1.807, 2.05) is 0 Å². The number of allylic oxidation sites excluding steroid dienone is 2. The van der Waals surface area contributed by atoms with Crippen LogP contribution in [-0.2, 0) is 4.79 Å². The molecule has 0 bridgehead atoms. The summed E-state index contributed by atoms with van der Waals surface area (Å²) in [4.78, 5) is 11.9. The van der Waals surface area contributed by atoms with Crippen molar-refractivity contribution in [3.05, 3.63) is 41.7 Å². The maximum Gasteiger partial charge on any atom is 0.185 e. The van der Waals surface area contributed by atoms with Gasteiger partial charge in [-0.25, -0.2) is 0 Å². The molecule has 1 aliphatic carbocycles. The standard InChI is InChI=1S/C10H8N4O2/c15-9-7(5-1-3-11-13-5)10(16)8(9)6-2-4-12-14-6/h1-4,7,15H,(H,11,13)(H,12,14). The Morgan fingerprint density at radius 3 is 2.50 bits per heavy atom. The summed E-state index contributed by atoms with van der Waals surface area (Å²) in [5.74, 6) is -0.690. The molecule has 80 valence electrons. The monoisotopic (exact) mass is 216 g/mol. The quantitative estimate of drug-likeness (QED) is 0.690. The minimum Gasteiger partial charge on any atom is -0.510 e. The number of carbonyl (C=O) groups is 1. The second-order valence-corrected chi connectivity index (χ2v) is 3.54. The van der Waals surface area contributed by atoms with Crippen molar-refractivity contribution in [2.75, 3.05) is 0 Å². The van der Waals surface area contributed by atoms with Crippen molar-refractivity contribution in [2.45, 2.75) is 5.92 Å². The molecule has 6 heteroatoms. The van der Waals surface area contributed by atoms with Crippen LogP contribution < -0.4 is 0 Å². The molecule has 0 radical (unpaired) electrons. The van der Waals surface area contributed by atoms with Crippen molar-refractivity contribution < 1.29 is 9.90 Å². The Morgan fingerprint density at radius 1 is 1.19 bits per heavy atom. The number of ketones is 1. The van der Waals surface area contributed by atoms with Crippen LogP contribution in [0.4, 0.5) is 0 Å². The Balaban J connectivity index is 2.02. The predicted molar refractivity (Wildman–Crippen MR) is 54.5 cm³/mol. The summed E-state index contributed by atoms with van der Waals surface area (Å²) in [6, 6.07) is 3.31. The van der Waals surface area contributed by atoms with Crippen LogP contribution in [0.3, 0.4) is 0 Å².